The summed E-state index contributed by atoms with van der Waals surface area (Å²) in [5.41, 5.74) is 0. The van der Waals surface area contributed by atoms with Crippen LogP contribution in [-0.2, 0) is 28.4 Å². The predicted octanol–water partition coefficient (Wildman–Crippen LogP) is 2.46. The highest BCUT2D eigenvalue weighted by molar-refractivity contribution is 5.60. The first-order valence-electron chi connectivity index (χ1n) is 11.4. The van der Waals surface area contributed by atoms with Crippen molar-refractivity contribution in [3.8, 4) is 0 Å². The lowest BCUT2D eigenvalue weighted by atomic mass is 9.90. The Bertz CT molecular complexity index is 490. The molecule has 31 heavy (non-hydrogen) atoms. The van der Waals surface area contributed by atoms with Gasteiger partial charge in [0.2, 0.25) is 0 Å². The van der Waals surface area contributed by atoms with Gasteiger partial charge < -0.3 is 28.4 Å². The van der Waals surface area contributed by atoms with Crippen LogP contribution in [0.25, 0.3) is 0 Å². The maximum atomic E-state index is 11.4. The SMILES string of the molecule is CCOC(=O)OCCN1CCOC1.O=C(OCCN1CCOC1)OCC1CCCCC1. The van der Waals surface area contributed by atoms with Crippen molar-refractivity contribution < 1.29 is 38.0 Å². The average Bonchev–Trinajstić information content (AvgIpc) is 3.48. The number of ether oxygens (including phenoxy) is 6. The number of carbonyl (C=O) groups is 2. The highest BCUT2D eigenvalue weighted by Gasteiger charge is 2.17. The van der Waals surface area contributed by atoms with Crippen LogP contribution in [0.15, 0.2) is 0 Å². The quantitative estimate of drug-likeness (QED) is 0.491. The summed E-state index contributed by atoms with van der Waals surface area (Å²) in [6.45, 7) is 9.42. The summed E-state index contributed by atoms with van der Waals surface area (Å²) in [5.74, 6) is 0.540. The second kappa shape index (κ2) is 16.1. The molecule has 0 aromatic rings. The fraction of sp³-hybridized carbons (Fsp3) is 0.905. The molecule has 0 unspecified atom stereocenters. The predicted molar refractivity (Wildman–Crippen MR) is 112 cm³/mol. The van der Waals surface area contributed by atoms with Crippen LogP contribution in [0.2, 0.25) is 0 Å². The van der Waals surface area contributed by atoms with E-state index in [0.29, 0.717) is 52.4 Å². The van der Waals surface area contributed by atoms with Gasteiger partial charge in [-0.1, -0.05) is 19.3 Å². The monoisotopic (exact) mass is 446 g/mol. The summed E-state index contributed by atoms with van der Waals surface area (Å²) in [6.07, 6.45) is 5.08. The average molecular weight is 447 g/mol. The minimum Gasteiger partial charge on any atom is -0.435 e. The summed E-state index contributed by atoms with van der Waals surface area (Å²) in [6, 6.07) is 0. The molecule has 2 saturated heterocycles. The molecule has 10 nitrogen and oxygen atoms in total. The molecule has 3 aliphatic rings. The lowest BCUT2D eigenvalue weighted by Crippen LogP contribution is -2.26. The van der Waals surface area contributed by atoms with E-state index in [0.717, 1.165) is 32.8 Å². The van der Waals surface area contributed by atoms with Crippen molar-refractivity contribution in [2.24, 2.45) is 5.92 Å². The molecule has 0 spiro atoms. The Morgan fingerprint density at radius 1 is 0.806 bits per heavy atom. The van der Waals surface area contributed by atoms with Crippen molar-refractivity contribution in [3.05, 3.63) is 0 Å². The van der Waals surface area contributed by atoms with E-state index in [1.807, 2.05) is 0 Å². The standard InChI is InChI=1S/C13H23NO4.C8H15NO4/c15-13(17-9-7-14-6-8-16-11-14)18-10-12-4-2-1-3-5-12;1-2-12-8(10)13-6-4-9-3-5-11-7-9/h12H,1-11H2;2-7H2,1H3. The third kappa shape index (κ3) is 12.1. The van der Waals surface area contributed by atoms with Gasteiger partial charge in [-0.3, -0.25) is 9.80 Å². The Morgan fingerprint density at radius 2 is 1.35 bits per heavy atom. The zero-order valence-electron chi connectivity index (χ0n) is 18.8. The molecule has 0 aromatic carbocycles. The van der Waals surface area contributed by atoms with Gasteiger partial charge in [0.25, 0.3) is 0 Å². The minimum atomic E-state index is -0.595. The molecule has 10 heteroatoms. The van der Waals surface area contributed by atoms with E-state index in [1.165, 1.54) is 32.1 Å². The molecule has 0 aromatic heterocycles. The van der Waals surface area contributed by atoms with E-state index in [9.17, 15) is 9.59 Å². The smallest absolute Gasteiger partial charge is 0.435 e. The fourth-order valence-electron chi connectivity index (χ4n) is 3.51. The van der Waals surface area contributed by atoms with Gasteiger partial charge in [0.15, 0.2) is 0 Å². The topological polar surface area (TPSA) is 96.0 Å². The van der Waals surface area contributed by atoms with Gasteiger partial charge in [0, 0.05) is 26.2 Å². The van der Waals surface area contributed by atoms with E-state index in [2.05, 4.69) is 14.5 Å². The maximum absolute atomic E-state index is 11.4. The first-order chi connectivity index (χ1) is 15.2. The minimum absolute atomic E-state index is 0.353. The van der Waals surface area contributed by atoms with E-state index in [4.69, 9.17) is 23.7 Å². The first-order valence-corrected chi connectivity index (χ1v) is 11.4. The van der Waals surface area contributed by atoms with Crippen LogP contribution in [0.1, 0.15) is 39.0 Å². The lowest BCUT2D eigenvalue weighted by Gasteiger charge is -2.20. The van der Waals surface area contributed by atoms with Crippen LogP contribution < -0.4 is 0 Å². The van der Waals surface area contributed by atoms with Crippen molar-refractivity contribution in [1.29, 1.82) is 0 Å². The second-order valence-electron chi connectivity index (χ2n) is 7.76. The molecular formula is C21H38N2O8. The largest absolute Gasteiger partial charge is 0.508 e. The molecule has 0 radical (unpaired) electrons. The van der Waals surface area contributed by atoms with Crippen molar-refractivity contribution in [2.45, 2.75) is 39.0 Å². The zero-order chi connectivity index (χ0) is 22.2. The molecule has 0 bridgehead atoms. The first kappa shape index (κ1) is 25.6. The van der Waals surface area contributed by atoms with Gasteiger partial charge in [0.1, 0.15) is 13.2 Å². The molecule has 3 fully saturated rings. The second-order valence-corrected chi connectivity index (χ2v) is 7.76. The van der Waals surface area contributed by atoms with Gasteiger partial charge in [-0.15, -0.1) is 0 Å². The highest BCUT2D eigenvalue weighted by Crippen LogP contribution is 2.23. The van der Waals surface area contributed by atoms with E-state index < -0.39 is 12.3 Å². The number of hydrogen-bond acceptors (Lipinski definition) is 10. The van der Waals surface area contributed by atoms with E-state index in [1.54, 1.807) is 6.92 Å². The van der Waals surface area contributed by atoms with E-state index >= 15 is 0 Å². The molecule has 1 saturated carbocycles. The van der Waals surface area contributed by atoms with Crippen LogP contribution in [0.4, 0.5) is 9.59 Å². The summed E-state index contributed by atoms with van der Waals surface area (Å²) < 4.78 is 29.9. The Labute approximate surface area is 185 Å². The summed E-state index contributed by atoms with van der Waals surface area (Å²) >= 11 is 0. The third-order valence-electron chi connectivity index (χ3n) is 5.33. The van der Waals surface area contributed by atoms with Crippen molar-refractivity contribution in [3.63, 3.8) is 0 Å². The maximum Gasteiger partial charge on any atom is 0.508 e. The number of nitrogens with zero attached hydrogens (tertiary/aromatic N) is 2. The lowest BCUT2D eigenvalue weighted by molar-refractivity contribution is 0.0322. The van der Waals surface area contributed by atoms with Crippen LogP contribution in [0.5, 0.6) is 0 Å². The molecule has 1 aliphatic carbocycles. The molecule has 0 N–H and O–H groups in total. The molecule has 0 atom stereocenters. The Kier molecular flexibility index (Phi) is 13.3. The van der Waals surface area contributed by atoms with Gasteiger partial charge in [0.05, 0.1) is 39.9 Å². The van der Waals surface area contributed by atoms with Crippen LogP contribution in [-0.4, -0.2) is 101 Å². The van der Waals surface area contributed by atoms with Gasteiger partial charge in [-0.05, 0) is 25.7 Å². The molecule has 2 aliphatic heterocycles. The Hall–Kier alpha value is -1.62. The van der Waals surface area contributed by atoms with Crippen molar-refractivity contribution in [2.75, 3.05) is 79.3 Å². The zero-order valence-corrected chi connectivity index (χ0v) is 18.8. The molecule has 2 heterocycles. The molecule has 0 amide bonds. The van der Waals surface area contributed by atoms with Crippen LogP contribution in [0, 0.1) is 5.92 Å². The summed E-state index contributed by atoms with van der Waals surface area (Å²) in [5, 5.41) is 0. The molecule has 180 valence electrons. The van der Waals surface area contributed by atoms with Crippen LogP contribution in [0.3, 0.4) is 0 Å². The fourth-order valence-corrected chi connectivity index (χ4v) is 3.51. The third-order valence-corrected chi connectivity index (χ3v) is 5.33. The normalized spacial score (nSPS) is 20.0. The number of rotatable bonds is 9. The highest BCUT2D eigenvalue weighted by atomic mass is 16.7. The Balaban J connectivity index is 0.000000233. The summed E-state index contributed by atoms with van der Waals surface area (Å²) in [4.78, 5) is 26.3. The van der Waals surface area contributed by atoms with Gasteiger partial charge in [-0.25, -0.2) is 9.59 Å². The molecule has 3 rings (SSSR count). The Morgan fingerprint density at radius 3 is 1.84 bits per heavy atom. The van der Waals surface area contributed by atoms with Gasteiger partial charge in [-0.2, -0.15) is 0 Å². The van der Waals surface area contributed by atoms with E-state index in [-0.39, 0.29) is 0 Å². The van der Waals surface area contributed by atoms with Gasteiger partial charge >= 0.3 is 12.3 Å². The van der Waals surface area contributed by atoms with Crippen molar-refractivity contribution >= 4 is 12.3 Å². The number of hydrogen-bond donors (Lipinski definition) is 0. The number of carbonyl (C=O) groups excluding carboxylic acids is 2. The molecular weight excluding hydrogens is 408 g/mol. The van der Waals surface area contributed by atoms with Crippen molar-refractivity contribution in [1.82, 2.24) is 9.80 Å². The summed E-state index contributed by atoms with van der Waals surface area (Å²) in [7, 11) is 0. The van der Waals surface area contributed by atoms with Crippen LogP contribution >= 0.6 is 0 Å².